The topological polar surface area (TPSA) is 101 Å². The van der Waals surface area contributed by atoms with E-state index in [0.717, 1.165) is 48.3 Å². The Labute approximate surface area is 303 Å². The van der Waals surface area contributed by atoms with Crippen LogP contribution in [0.5, 0.6) is 0 Å². The first-order chi connectivity index (χ1) is 25.3. The van der Waals surface area contributed by atoms with E-state index in [0.29, 0.717) is 50.2 Å². The van der Waals surface area contributed by atoms with Crippen molar-refractivity contribution in [3.8, 4) is 0 Å². The second kappa shape index (κ2) is 14.6. The molecule has 3 heterocycles. The van der Waals surface area contributed by atoms with Crippen molar-refractivity contribution in [3.63, 3.8) is 0 Å². The summed E-state index contributed by atoms with van der Waals surface area (Å²) in [7, 11) is -2.78. The number of hydrogen-bond acceptors (Lipinski definition) is 8. The monoisotopic (exact) mass is 791 g/mol. The standard InChI is InChI=1S/C35H34F9N5O4S/c1-47-21-45-46-30(47)22-13-16-48(17-14-22)31(50)49-18-15-32(20-49,54(51,52)26-11-9-25(36)10-12-26)23-5-7-24(8-6-23)33(34(39,40)41,35(42,43)44)53-19-27-28(37)3-2-4-29(27)38/h2-12,21-22,31,50H,13-20H2,1H3. The Morgan fingerprint density at radius 2 is 1.46 bits per heavy atom. The predicted octanol–water partition coefficient (Wildman–Crippen LogP) is 6.30. The number of ether oxygens (including phenoxy) is 1. The van der Waals surface area contributed by atoms with Crippen LogP contribution in [0.1, 0.15) is 47.7 Å². The van der Waals surface area contributed by atoms with Gasteiger partial charge in [-0.05, 0) is 61.2 Å². The summed E-state index contributed by atoms with van der Waals surface area (Å²) in [5.41, 5.74) is -8.01. The van der Waals surface area contributed by atoms with E-state index >= 15 is 0 Å². The van der Waals surface area contributed by atoms with Crippen molar-refractivity contribution in [1.29, 1.82) is 0 Å². The molecule has 1 aromatic heterocycles. The van der Waals surface area contributed by atoms with E-state index in [2.05, 4.69) is 14.9 Å². The van der Waals surface area contributed by atoms with E-state index in [1.807, 2.05) is 0 Å². The molecular formula is C35H34F9N5O4S. The van der Waals surface area contributed by atoms with Gasteiger partial charge in [-0.25, -0.2) is 21.6 Å². The number of halogens is 9. The summed E-state index contributed by atoms with van der Waals surface area (Å²) in [5, 5.41) is 19.5. The molecule has 54 heavy (non-hydrogen) atoms. The second-order valence-electron chi connectivity index (χ2n) is 13.4. The smallest absolute Gasteiger partial charge is 0.365 e. The molecule has 3 aromatic carbocycles. The highest BCUT2D eigenvalue weighted by molar-refractivity contribution is 7.92. The Hall–Kier alpha value is -4.04. The van der Waals surface area contributed by atoms with Crippen LogP contribution in [0.25, 0.3) is 0 Å². The highest BCUT2D eigenvalue weighted by atomic mass is 32.2. The molecule has 4 aromatic rings. The fraction of sp³-hybridized carbons (Fsp3) is 0.429. The summed E-state index contributed by atoms with van der Waals surface area (Å²) in [4.78, 5) is 2.79. The summed E-state index contributed by atoms with van der Waals surface area (Å²) in [6.07, 6.45) is -11.3. The zero-order chi connectivity index (χ0) is 39.3. The van der Waals surface area contributed by atoms with Gasteiger partial charge in [0.15, 0.2) is 16.2 Å². The first kappa shape index (κ1) is 39.6. The number of alkyl halides is 6. The molecule has 2 fully saturated rings. The maximum Gasteiger partial charge on any atom is 0.430 e. The quantitative estimate of drug-likeness (QED) is 0.148. The number of aryl methyl sites for hydroxylation is 1. The first-order valence-corrected chi connectivity index (χ1v) is 18.1. The number of sulfone groups is 1. The lowest BCUT2D eigenvalue weighted by Crippen LogP contribution is -2.56. The van der Waals surface area contributed by atoms with Gasteiger partial charge in [0, 0.05) is 50.3 Å². The second-order valence-corrected chi connectivity index (χ2v) is 15.6. The molecule has 19 heteroatoms. The maximum atomic E-state index is 14.6. The van der Waals surface area contributed by atoms with Crippen molar-refractivity contribution in [2.75, 3.05) is 26.2 Å². The summed E-state index contributed by atoms with van der Waals surface area (Å²) < 4.78 is 163. The number of aliphatic hydroxyl groups excluding tert-OH is 1. The zero-order valence-electron chi connectivity index (χ0n) is 28.5. The van der Waals surface area contributed by atoms with Gasteiger partial charge in [-0.2, -0.15) is 26.3 Å². The van der Waals surface area contributed by atoms with Crippen molar-refractivity contribution >= 4 is 9.84 Å². The molecule has 2 aliphatic heterocycles. The molecule has 1 N–H and O–H groups in total. The van der Waals surface area contributed by atoms with Crippen LogP contribution in [-0.2, 0) is 38.6 Å². The van der Waals surface area contributed by atoms with E-state index in [-0.39, 0.29) is 29.3 Å². The van der Waals surface area contributed by atoms with Crippen molar-refractivity contribution in [1.82, 2.24) is 24.6 Å². The van der Waals surface area contributed by atoms with Gasteiger partial charge in [-0.3, -0.25) is 9.80 Å². The van der Waals surface area contributed by atoms with Crippen LogP contribution >= 0.6 is 0 Å². The third-order valence-electron chi connectivity index (χ3n) is 10.3. The molecule has 0 saturated carbocycles. The van der Waals surface area contributed by atoms with Crippen LogP contribution in [-0.4, -0.2) is 83.0 Å². The maximum absolute atomic E-state index is 14.6. The normalized spacial score (nSPS) is 20.4. The van der Waals surface area contributed by atoms with Crippen LogP contribution in [0.2, 0.25) is 0 Å². The summed E-state index contributed by atoms with van der Waals surface area (Å²) >= 11 is 0. The minimum atomic E-state index is -6.22. The largest absolute Gasteiger partial charge is 0.430 e. The Bertz CT molecular complexity index is 2020. The van der Waals surface area contributed by atoms with Crippen molar-refractivity contribution in [2.45, 2.75) is 65.7 Å². The number of rotatable bonds is 10. The molecule has 2 saturated heterocycles. The van der Waals surface area contributed by atoms with E-state index in [9.17, 15) is 53.0 Å². The number of aromatic nitrogens is 3. The van der Waals surface area contributed by atoms with Crippen LogP contribution in [0.4, 0.5) is 39.5 Å². The number of aliphatic hydroxyl groups is 1. The lowest BCUT2D eigenvalue weighted by atomic mass is 9.88. The lowest BCUT2D eigenvalue weighted by Gasteiger charge is -2.39. The average molecular weight is 792 g/mol. The molecule has 9 nitrogen and oxygen atoms in total. The Morgan fingerprint density at radius 1 is 0.870 bits per heavy atom. The van der Waals surface area contributed by atoms with Gasteiger partial charge in [0.1, 0.15) is 34.4 Å². The summed E-state index contributed by atoms with van der Waals surface area (Å²) in [6, 6.07) is 8.32. The molecule has 0 radical (unpaired) electrons. The first-order valence-electron chi connectivity index (χ1n) is 16.6. The minimum absolute atomic E-state index is 0.0474. The van der Waals surface area contributed by atoms with Gasteiger partial charge in [-0.15, -0.1) is 10.2 Å². The third kappa shape index (κ3) is 6.88. The molecule has 2 atom stereocenters. The number of likely N-dealkylation sites (tertiary alicyclic amines) is 2. The van der Waals surface area contributed by atoms with Gasteiger partial charge in [0.2, 0.25) is 0 Å². The molecular weight excluding hydrogens is 757 g/mol. The van der Waals surface area contributed by atoms with Gasteiger partial charge in [0.05, 0.1) is 11.5 Å². The molecule has 6 rings (SSSR count). The molecule has 0 amide bonds. The van der Waals surface area contributed by atoms with Crippen LogP contribution in [0.3, 0.4) is 0 Å². The average Bonchev–Trinajstić information content (AvgIpc) is 3.77. The van der Waals surface area contributed by atoms with E-state index in [4.69, 9.17) is 0 Å². The van der Waals surface area contributed by atoms with E-state index in [1.165, 1.54) is 4.90 Å². The Morgan fingerprint density at radius 3 is 2.00 bits per heavy atom. The van der Waals surface area contributed by atoms with Gasteiger partial charge in [-0.1, -0.05) is 30.3 Å². The Balaban J connectivity index is 1.35. The molecule has 2 aliphatic rings. The number of hydrogen-bond donors (Lipinski definition) is 1. The van der Waals surface area contributed by atoms with Gasteiger partial charge in [0.25, 0.3) is 5.60 Å². The molecule has 2 unspecified atom stereocenters. The lowest BCUT2D eigenvalue weighted by molar-refractivity contribution is -0.392. The SMILES string of the molecule is Cn1cnnc1C1CCN(C(O)N2CCC(c3ccc(C(OCc4c(F)cccc4F)(C(F)(F)F)C(F)(F)F)cc3)(S(=O)(=O)c3ccc(F)cc3)C2)CC1. The van der Waals surface area contributed by atoms with E-state index < -0.39 is 80.6 Å². The molecule has 292 valence electrons. The van der Waals surface area contributed by atoms with Gasteiger partial charge >= 0.3 is 12.4 Å². The van der Waals surface area contributed by atoms with Crippen LogP contribution in [0.15, 0.2) is 78.0 Å². The van der Waals surface area contributed by atoms with E-state index in [1.54, 1.807) is 22.8 Å². The fourth-order valence-electron chi connectivity index (χ4n) is 7.33. The Kier molecular flexibility index (Phi) is 10.7. The minimum Gasteiger partial charge on any atom is -0.365 e. The third-order valence-corrected chi connectivity index (χ3v) is 12.8. The van der Waals surface area contributed by atoms with Crippen molar-refractivity contribution < 1.29 is 57.8 Å². The highest BCUT2D eigenvalue weighted by Gasteiger charge is 2.73. The van der Waals surface area contributed by atoms with Gasteiger partial charge < -0.3 is 14.4 Å². The molecule has 0 spiro atoms. The van der Waals surface area contributed by atoms with Crippen molar-refractivity contribution in [2.24, 2.45) is 7.05 Å². The molecule has 0 aliphatic carbocycles. The van der Waals surface area contributed by atoms with Crippen LogP contribution < -0.4 is 0 Å². The highest BCUT2D eigenvalue weighted by Crippen LogP contribution is 2.54. The summed E-state index contributed by atoms with van der Waals surface area (Å²) in [6.45, 7) is -1.49. The van der Waals surface area contributed by atoms with Crippen LogP contribution in [0, 0.1) is 17.5 Å². The number of nitrogens with zero attached hydrogens (tertiary/aromatic N) is 5. The summed E-state index contributed by atoms with van der Waals surface area (Å²) in [5.74, 6) is -2.81. The predicted molar refractivity (Wildman–Crippen MR) is 173 cm³/mol. The van der Waals surface area contributed by atoms with Crippen molar-refractivity contribution in [3.05, 3.63) is 113 Å². The fourth-order valence-corrected chi connectivity index (χ4v) is 9.42. The number of piperidine rings is 1. The molecule has 0 bridgehead atoms. The zero-order valence-corrected chi connectivity index (χ0v) is 29.3. The number of benzene rings is 3.